The van der Waals surface area contributed by atoms with E-state index >= 15 is 0 Å². The van der Waals surface area contributed by atoms with Gasteiger partial charge in [-0.25, -0.2) is 39.5 Å². The van der Waals surface area contributed by atoms with Crippen LogP contribution in [0.1, 0.15) is 0 Å². The summed E-state index contributed by atoms with van der Waals surface area (Å²) in [6, 6.07) is 2.88. The number of fused-ring (bicyclic) bond motifs is 1. The lowest BCUT2D eigenvalue weighted by Gasteiger charge is -2.20. The first-order valence-corrected chi connectivity index (χ1v) is 9.59. The molecule has 0 saturated carbocycles. The predicted octanol–water partition coefficient (Wildman–Crippen LogP) is 6.36. The van der Waals surface area contributed by atoms with Crippen LogP contribution in [0.15, 0.2) is 30.3 Å². The molecule has 0 spiro atoms. The summed E-state index contributed by atoms with van der Waals surface area (Å²) in [5.74, 6) is -30.9. The molecule has 0 aromatic heterocycles. The van der Waals surface area contributed by atoms with Crippen LogP contribution in [0.25, 0.3) is 10.8 Å². The van der Waals surface area contributed by atoms with E-state index in [9.17, 15) is 52.7 Å². The largest absolute Gasteiger partial charge is 0.633 e. The third-order valence-corrected chi connectivity index (χ3v) is 5.01. The van der Waals surface area contributed by atoms with E-state index in [1.54, 1.807) is 0 Å². The van der Waals surface area contributed by atoms with E-state index in [1.165, 1.54) is 0 Å². The molecule has 0 aliphatic heterocycles. The maximum Gasteiger partial charge on any atom is 0.633 e. The molecule has 0 bridgehead atoms. The number of benzene rings is 4. The zero-order valence-electron chi connectivity index (χ0n) is 17.3. The van der Waals surface area contributed by atoms with Crippen LogP contribution in [0.2, 0.25) is 0 Å². The first-order valence-electron chi connectivity index (χ1n) is 9.59. The van der Waals surface area contributed by atoms with Gasteiger partial charge in [0.15, 0.2) is 40.7 Å². The fraction of sp³-hybridized carbons (Fsp3) is 0. The van der Waals surface area contributed by atoms with Gasteiger partial charge < -0.3 is 9.31 Å². The van der Waals surface area contributed by atoms with Crippen molar-refractivity contribution in [3.63, 3.8) is 0 Å². The molecular weight excluding hydrogens is 535 g/mol. The molecule has 0 amide bonds. The summed E-state index contributed by atoms with van der Waals surface area (Å²) in [5, 5.41) is -2.25. The Bertz CT molecular complexity index is 1550. The minimum absolute atomic E-state index is 0.293. The van der Waals surface area contributed by atoms with Crippen molar-refractivity contribution < 1.29 is 62.0 Å². The monoisotopic (exact) mass is 540 g/mol. The van der Waals surface area contributed by atoms with Crippen LogP contribution in [0.3, 0.4) is 0 Å². The van der Waals surface area contributed by atoms with E-state index in [4.69, 9.17) is 4.65 Å². The predicted molar refractivity (Wildman–Crippen MR) is 103 cm³/mol. The van der Waals surface area contributed by atoms with Gasteiger partial charge in [-0.3, -0.25) is 0 Å². The molecule has 0 saturated heterocycles. The van der Waals surface area contributed by atoms with Crippen molar-refractivity contribution in [1.29, 1.82) is 0 Å². The molecule has 0 atom stereocenters. The fourth-order valence-electron chi connectivity index (χ4n) is 3.28. The summed E-state index contributed by atoms with van der Waals surface area (Å²) in [4.78, 5) is 0. The SMILES string of the molecule is Fc1ccc(OB(Oc2c(F)c(F)c(F)c(F)c2F)c2cccc3c(F)c(F)c(F)c(F)c23)c(F)c1F. The van der Waals surface area contributed by atoms with E-state index in [0.29, 0.717) is 24.3 Å². The highest BCUT2D eigenvalue weighted by molar-refractivity contribution is 6.65. The Labute approximate surface area is 197 Å². The normalized spacial score (nSPS) is 11.2. The second kappa shape index (κ2) is 9.44. The molecule has 4 rings (SSSR count). The Morgan fingerprint density at radius 3 is 1.62 bits per heavy atom. The Hall–Kier alpha value is -4.04. The minimum Gasteiger partial charge on any atom is -0.520 e. The molecule has 15 heteroatoms. The molecule has 192 valence electrons. The smallest absolute Gasteiger partial charge is 0.520 e. The maximum absolute atomic E-state index is 14.7. The third-order valence-electron chi connectivity index (χ3n) is 5.01. The second-order valence-corrected chi connectivity index (χ2v) is 7.17. The van der Waals surface area contributed by atoms with E-state index < -0.39 is 105 Å². The third kappa shape index (κ3) is 4.17. The first-order chi connectivity index (χ1) is 17.4. The highest BCUT2D eigenvalue weighted by Gasteiger charge is 2.37. The van der Waals surface area contributed by atoms with Gasteiger partial charge in [0.25, 0.3) is 0 Å². The Morgan fingerprint density at radius 1 is 0.459 bits per heavy atom. The fourth-order valence-corrected chi connectivity index (χ4v) is 3.28. The van der Waals surface area contributed by atoms with Gasteiger partial charge in [-0.05, 0) is 12.1 Å². The molecule has 2 nitrogen and oxygen atoms in total. The highest BCUT2D eigenvalue weighted by atomic mass is 19.2. The molecule has 0 heterocycles. The summed E-state index contributed by atoms with van der Waals surface area (Å²) < 4.78 is 177. The van der Waals surface area contributed by atoms with Crippen LogP contribution in [0.5, 0.6) is 11.5 Å². The summed E-state index contributed by atoms with van der Waals surface area (Å²) in [7, 11) is -2.75. The lowest BCUT2D eigenvalue weighted by atomic mass is 9.75. The van der Waals surface area contributed by atoms with Gasteiger partial charge in [0.05, 0.1) is 0 Å². The topological polar surface area (TPSA) is 18.5 Å². The number of hydrogen-bond donors (Lipinski definition) is 0. The Balaban J connectivity index is 2.00. The van der Waals surface area contributed by atoms with Gasteiger partial charge >= 0.3 is 7.12 Å². The molecule has 4 aromatic rings. The molecule has 37 heavy (non-hydrogen) atoms. The molecule has 0 radical (unpaired) electrons. The van der Waals surface area contributed by atoms with Gasteiger partial charge in [-0.15, -0.1) is 0 Å². The van der Waals surface area contributed by atoms with Crippen LogP contribution in [0.4, 0.5) is 52.7 Å². The van der Waals surface area contributed by atoms with E-state index in [2.05, 4.69) is 4.65 Å². The van der Waals surface area contributed by atoms with Crippen molar-refractivity contribution in [3.05, 3.63) is 100 Å². The molecule has 4 aromatic carbocycles. The van der Waals surface area contributed by atoms with Crippen molar-refractivity contribution >= 4 is 23.4 Å². The Kier molecular flexibility index (Phi) is 6.65. The van der Waals surface area contributed by atoms with Gasteiger partial charge in [0.1, 0.15) is 5.75 Å². The van der Waals surface area contributed by atoms with Gasteiger partial charge in [-0.1, -0.05) is 18.2 Å². The first kappa shape index (κ1) is 26.0. The van der Waals surface area contributed by atoms with Crippen molar-refractivity contribution in [2.24, 2.45) is 0 Å². The molecule has 0 fully saturated rings. The molecule has 0 N–H and O–H groups in total. The molecule has 0 unspecified atom stereocenters. The lowest BCUT2D eigenvalue weighted by Crippen LogP contribution is -2.44. The minimum atomic E-state index is -2.75. The van der Waals surface area contributed by atoms with Crippen molar-refractivity contribution in [2.45, 2.75) is 0 Å². The van der Waals surface area contributed by atoms with Gasteiger partial charge in [0, 0.05) is 16.2 Å². The number of hydrogen-bond acceptors (Lipinski definition) is 2. The summed E-state index contributed by atoms with van der Waals surface area (Å²) in [6.07, 6.45) is 0. The average Bonchev–Trinajstić information content (AvgIpc) is 2.89. The lowest BCUT2D eigenvalue weighted by molar-refractivity contribution is 0.331. The highest BCUT2D eigenvalue weighted by Crippen LogP contribution is 2.32. The zero-order valence-corrected chi connectivity index (χ0v) is 17.3. The zero-order chi connectivity index (χ0) is 27.3. The van der Waals surface area contributed by atoms with Crippen LogP contribution in [0, 0.1) is 69.8 Å². The van der Waals surface area contributed by atoms with Crippen molar-refractivity contribution in [2.75, 3.05) is 0 Å². The van der Waals surface area contributed by atoms with E-state index in [-0.39, 0.29) is 0 Å². The summed E-state index contributed by atoms with van der Waals surface area (Å²) in [6.45, 7) is 0. The maximum atomic E-state index is 14.7. The van der Waals surface area contributed by atoms with Crippen molar-refractivity contribution in [3.8, 4) is 11.5 Å². The summed E-state index contributed by atoms with van der Waals surface area (Å²) in [5.41, 5.74) is -1.01. The Morgan fingerprint density at radius 2 is 1.00 bits per heavy atom. The van der Waals surface area contributed by atoms with Crippen LogP contribution < -0.4 is 14.8 Å². The molecule has 0 aliphatic rings. The number of rotatable bonds is 5. The standard InChI is InChI=1S/C22H5BF12O2/c24-8-4-5-9(13(27)12(8)26)36-23(37-22-20(34)18(32)17(31)19(33)21(22)35)7-3-1-2-6-10(7)14(28)16(30)15(29)11(6)25/h1-5H. The van der Waals surface area contributed by atoms with Gasteiger partial charge in [0.2, 0.25) is 34.9 Å². The van der Waals surface area contributed by atoms with E-state index in [1.807, 2.05) is 0 Å². The molecule has 0 aliphatic carbocycles. The van der Waals surface area contributed by atoms with Crippen LogP contribution >= 0.6 is 0 Å². The summed E-state index contributed by atoms with van der Waals surface area (Å²) >= 11 is 0. The molecular formula is C22H5BF12O2. The van der Waals surface area contributed by atoms with Crippen LogP contribution in [-0.4, -0.2) is 7.12 Å². The van der Waals surface area contributed by atoms with Gasteiger partial charge in [-0.2, -0.15) is 13.2 Å². The van der Waals surface area contributed by atoms with Crippen molar-refractivity contribution in [1.82, 2.24) is 0 Å². The van der Waals surface area contributed by atoms with Crippen LogP contribution in [-0.2, 0) is 0 Å². The quantitative estimate of drug-likeness (QED) is 0.127. The second-order valence-electron chi connectivity index (χ2n) is 7.17. The van der Waals surface area contributed by atoms with E-state index in [0.717, 1.165) is 6.07 Å². The average molecular weight is 540 g/mol. The number of halogens is 12.